The predicted octanol–water partition coefficient (Wildman–Crippen LogP) is 1.12. The standard InChI is InChI=1S/C8H11ClN2O/c1-5(12)8(10)6-2-3-11-7(9)4-6/h2-5,8,12H,10H2,1H3/t5-,8-/m0/s1. The number of hydrogen-bond acceptors (Lipinski definition) is 3. The fraction of sp³-hybridized carbons (Fsp3) is 0.375. The van der Waals surface area contributed by atoms with Gasteiger partial charge in [0.15, 0.2) is 0 Å². The molecule has 1 aromatic rings. The highest BCUT2D eigenvalue weighted by Gasteiger charge is 2.11. The molecule has 4 heteroatoms. The molecule has 0 bridgehead atoms. The summed E-state index contributed by atoms with van der Waals surface area (Å²) in [6.45, 7) is 1.64. The van der Waals surface area contributed by atoms with E-state index in [1.54, 1.807) is 25.3 Å². The maximum Gasteiger partial charge on any atom is 0.129 e. The molecule has 0 radical (unpaired) electrons. The van der Waals surface area contributed by atoms with Gasteiger partial charge in [0.05, 0.1) is 12.1 Å². The first-order valence-electron chi connectivity index (χ1n) is 3.66. The van der Waals surface area contributed by atoms with Crippen LogP contribution >= 0.6 is 11.6 Å². The minimum absolute atomic E-state index is 0.392. The second-order valence-corrected chi connectivity index (χ2v) is 3.07. The molecule has 3 N–H and O–H groups in total. The maximum absolute atomic E-state index is 9.18. The van der Waals surface area contributed by atoms with E-state index in [2.05, 4.69) is 4.98 Å². The number of rotatable bonds is 2. The van der Waals surface area contributed by atoms with Crippen molar-refractivity contribution in [3.05, 3.63) is 29.0 Å². The molecule has 0 aromatic carbocycles. The van der Waals surface area contributed by atoms with E-state index in [0.29, 0.717) is 5.15 Å². The second kappa shape index (κ2) is 3.85. The zero-order valence-electron chi connectivity index (χ0n) is 6.74. The molecular weight excluding hydrogens is 176 g/mol. The number of aromatic nitrogens is 1. The molecule has 0 saturated carbocycles. The van der Waals surface area contributed by atoms with E-state index in [1.807, 2.05) is 0 Å². The minimum Gasteiger partial charge on any atom is -0.391 e. The monoisotopic (exact) mass is 186 g/mol. The molecule has 12 heavy (non-hydrogen) atoms. The summed E-state index contributed by atoms with van der Waals surface area (Å²) in [5.74, 6) is 0. The van der Waals surface area contributed by atoms with Gasteiger partial charge in [-0.2, -0.15) is 0 Å². The first-order valence-corrected chi connectivity index (χ1v) is 4.04. The van der Waals surface area contributed by atoms with E-state index < -0.39 is 12.1 Å². The van der Waals surface area contributed by atoms with Crippen LogP contribution in [0.2, 0.25) is 5.15 Å². The van der Waals surface area contributed by atoms with Gasteiger partial charge in [-0.15, -0.1) is 0 Å². The van der Waals surface area contributed by atoms with E-state index in [4.69, 9.17) is 17.3 Å². The highest BCUT2D eigenvalue weighted by atomic mass is 35.5. The summed E-state index contributed by atoms with van der Waals surface area (Å²) in [6.07, 6.45) is 0.989. The highest BCUT2D eigenvalue weighted by Crippen LogP contribution is 2.16. The van der Waals surface area contributed by atoms with E-state index in [-0.39, 0.29) is 0 Å². The molecule has 3 nitrogen and oxygen atoms in total. The molecule has 2 atom stereocenters. The van der Waals surface area contributed by atoms with Crippen molar-refractivity contribution < 1.29 is 5.11 Å². The van der Waals surface area contributed by atoms with Crippen molar-refractivity contribution in [3.63, 3.8) is 0 Å². The molecule has 1 rings (SSSR count). The van der Waals surface area contributed by atoms with Crippen LogP contribution in [0.15, 0.2) is 18.3 Å². The summed E-state index contributed by atoms with van der Waals surface area (Å²) < 4.78 is 0. The first kappa shape index (κ1) is 9.45. The van der Waals surface area contributed by atoms with E-state index >= 15 is 0 Å². The summed E-state index contributed by atoms with van der Waals surface area (Å²) in [5.41, 5.74) is 6.47. The Labute approximate surface area is 76.2 Å². The van der Waals surface area contributed by atoms with Crippen LogP contribution in [0.4, 0.5) is 0 Å². The van der Waals surface area contributed by atoms with Gasteiger partial charge < -0.3 is 10.8 Å². The zero-order valence-corrected chi connectivity index (χ0v) is 7.49. The van der Waals surface area contributed by atoms with Gasteiger partial charge in [-0.25, -0.2) is 4.98 Å². The molecule has 0 aliphatic rings. The van der Waals surface area contributed by atoms with Gasteiger partial charge in [0.25, 0.3) is 0 Å². The van der Waals surface area contributed by atoms with Gasteiger partial charge in [0, 0.05) is 6.20 Å². The molecule has 0 unspecified atom stereocenters. The third-order valence-corrected chi connectivity index (χ3v) is 1.86. The smallest absolute Gasteiger partial charge is 0.129 e. The van der Waals surface area contributed by atoms with E-state index in [1.165, 1.54) is 0 Å². The number of aliphatic hydroxyl groups excluding tert-OH is 1. The van der Waals surface area contributed by atoms with Crippen LogP contribution in [0, 0.1) is 0 Å². The van der Waals surface area contributed by atoms with E-state index in [9.17, 15) is 5.11 Å². The maximum atomic E-state index is 9.18. The van der Waals surface area contributed by atoms with Crippen LogP contribution in [0.25, 0.3) is 0 Å². The minimum atomic E-state index is -0.580. The second-order valence-electron chi connectivity index (χ2n) is 2.68. The number of halogens is 1. The SMILES string of the molecule is C[C@H](O)[C@H](N)c1ccnc(Cl)c1. The number of nitrogens with zero attached hydrogens (tertiary/aromatic N) is 1. The highest BCUT2D eigenvalue weighted by molar-refractivity contribution is 6.29. The Morgan fingerprint density at radius 3 is 2.83 bits per heavy atom. The lowest BCUT2D eigenvalue weighted by Crippen LogP contribution is -2.23. The zero-order chi connectivity index (χ0) is 9.14. The normalized spacial score (nSPS) is 15.7. The molecule has 0 aliphatic carbocycles. The predicted molar refractivity (Wildman–Crippen MR) is 47.9 cm³/mol. The Kier molecular flexibility index (Phi) is 3.03. The molecular formula is C8H11ClN2O. The van der Waals surface area contributed by atoms with Crippen molar-refractivity contribution in [2.24, 2.45) is 5.73 Å². The Hall–Kier alpha value is -0.640. The molecule has 0 spiro atoms. The largest absolute Gasteiger partial charge is 0.391 e. The van der Waals surface area contributed by atoms with Crippen molar-refractivity contribution in [3.8, 4) is 0 Å². The molecule has 1 aromatic heterocycles. The first-order chi connectivity index (χ1) is 5.61. The molecule has 0 fully saturated rings. The number of pyridine rings is 1. The van der Waals surface area contributed by atoms with E-state index in [0.717, 1.165) is 5.56 Å². The summed E-state index contributed by atoms with van der Waals surface area (Å²) >= 11 is 5.65. The van der Waals surface area contributed by atoms with Gasteiger partial charge >= 0.3 is 0 Å². The van der Waals surface area contributed by atoms with Crippen LogP contribution in [-0.4, -0.2) is 16.2 Å². The molecule has 0 amide bonds. The summed E-state index contributed by atoms with van der Waals surface area (Å²) in [7, 11) is 0. The lowest BCUT2D eigenvalue weighted by Gasteiger charge is -2.14. The topological polar surface area (TPSA) is 59.1 Å². The van der Waals surface area contributed by atoms with Crippen LogP contribution in [0.1, 0.15) is 18.5 Å². The Morgan fingerprint density at radius 2 is 2.33 bits per heavy atom. The number of nitrogens with two attached hydrogens (primary N) is 1. The van der Waals surface area contributed by atoms with Crippen LogP contribution in [0.3, 0.4) is 0 Å². The third kappa shape index (κ3) is 2.17. The fourth-order valence-corrected chi connectivity index (χ4v) is 1.09. The van der Waals surface area contributed by atoms with Gasteiger partial charge in [-0.05, 0) is 24.6 Å². The van der Waals surface area contributed by atoms with Gasteiger partial charge in [0.1, 0.15) is 5.15 Å². The van der Waals surface area contributed by atoms with Crippen molar-refractivity contribution in [1.82, 2.24) is 4.98 Å². The molecule has 0 saturated heterocycles. The Balaban J connectivity index is 2.88. The lowest BCUT2D eigenvalue weighted by atomic mass is 10.1. The van der Waals surface area contributed by atoms with Crippen molar-refractivity contribution >= 4 is 11.6 Å². The van der Waals surface area contributed by atoms with Crippen LogP contribution in [-0.2, 0) is 0 Å². The van der Waals surface area contributed by atoms with Gasteiger partial charge in [-0.3, -0.25) is 0 Å². The average Bonchev–Trinajstić information content (AvgIpc) is 2.03. The quantitative estimate of drug-likeness (QED) is 0.681. The summed E-state index contributed by atoms with van der Waals surface area (Å²) in [6, 6.07) is 2.99. The summed E-state index contributed by atoms with van der Waals surface area (Å²) in [4.78, 5) is 3.81. The summed E-state index contributed by atoms with van der Waals surface area (Å²) in [5, 5.41) is 9.57. The average molecular weight is 187 g/mol. The van der Waals surface area contributed by atoms with Crippen molar-refractivity contribution in [2.45, 2.75) is 19.1 Å². The third-order valence-electron chi connectivity index (χ3n) is 1.66. The van der Waals surface area contributed by atoms with Gasteiger partial charge in [0.2, 0.25) is 0 Å². The van der Waals surface area contributed by atoms with Crippen LogP contribution in [0.5, 0.6) is 0 Å². The molecule has 1 heterocycles. The fourth-order valence-electron chi connectivity index (χ4n) is 0.903. The number of hydrogen-bond donors (Lipinski definition) is 2. The number of aliphatic hydroxyl groups is 1. The lowest BCUT2D eigenvalue weighted by molar-refractivity contribution is 0.164. The van der Waals surface area contributed by atoms with Gasteiger partial charge in [-0.1, -0.05) is 11.6 Å². The van der Waals surface area contributed by atoms with Crippen LogP contribution < -0.4 is 5.73 Å². The Morgan fingerprint density at radius 1 is 1.67 bits per heavy atom. The molecule has 0 aliphatic heterocycles. The molecule has 66 valence electrons. The Bertz CT molecular complexity index is 265. The van der Waals surface area contributed by atoms with Crippen molar-refractivity contribution in [2.75, 3.05) is 0 Å². The van der Waals surface area contributed by atoms with Crippen molar-refractivity contribution in [1.29, 1.82) is 0 Å².